The van der Waals surface area contributed by atoms with Gasteiger partial charge in [0.05, 0.1) is 18.5 Å². The Bertz CT molecular complexity index is 810. The monoisotopic (exact) mass is 380 g/mol. The van der Waals surface area contributed by atoms with Crippen LogP contribution in [-0.4, -0.2) is 36.2 Å². The molecule has 2 heterocycles. The molecule has 0 saturated carbocycles. The number of hydrogen-bond acceptors (Lipinski definition) is 6. The van der Waals surface area contributed by atoms with Gasteiger partial charge >= 0.3 is 0 Å². The van der Waals surface area contributed by atoms with E-state index >= 15 is 0 Å². The van der Waals surface area contributed by atoms with Gasteiger partial charge in [-0.2, -0.15) is 8.78 Å². The molecule has 146 valence electrons. The van der Waals surface area contributed by atoms with Crippen molar-refractivity contribution in [3.05, 3.63) is 35.7 Å². The summed E-state index contributed by atoms with van der Waals surface area (Å²) in [5.74, 6) is -2.47. The third-order valence-corrected chi connectivity index (χ3v) is 3.40. The van der Waals surface area contributed by atoms with Crippen LogP contribution in [0.3, 0.4) is 0 Å². The third-order valence-electron chi connectivity index (χ3n) is 3.40. The summed E-state index contributed by atoms with van der Waals surface area (Å²) in [5.41, 5.74) is 0.707. The van der Waals surface area contributed by atoms with Crippen LogP contribution in [-0.2, 0) is 15.5 Å². The smallest absolute Gasteiger partial charge is 0.287 e. The van der Waals surface area contributed by atoms with Crippen LogP contribution >= 0.6 is 0 Å². The zero-order valence-electron chi connectivity index (χ0n) is 15.6. The van der Waals surface area contributed by atoms with Crippen LogP contribution in [0, 0.1) is 6.92 Å². The van der Waals surface area contributed by atoms with E-state index < -0.39 is 5.92 Å². The van der Waals surface area contributed by atoms with Crippen LogP contribution in [0.15, 0.2) is 24.4 Å². The van der Waals surface area contributed by atoms with Gasteiger partial charge in [-0.25, -0.2) is 9.97 Å². The number of ether oxygens (including phenoxy) is 2. The molecular formula is C18H22F2N4O3. The molecule has 27 heavy (non-hydrogen) atoms. The number of hydrogen-bond donors (Lipinski definition) is 2. The van der Waals surface area contributed by atoms with E-state index in [-0.39, 0.29) is 29.8 Å². The van der Waals surface area contributed by atoms with Crippen LogP contribution in [0.1, 0.15) is 25.1 Å². The minimum Gasteiger partial charge on any atom is -0.487 e. The fourth-order valence-corrected chi connectivity index (χ4v) is 2.23. The SMILES string of the molecule is COCCOc1cnc(NC(C)=O)cc1Nc1cc(C)cc(C(C)(F)F)n1. The number of alkyl halides is 2. The lowest BCUT2D eigenvalue weighted by molar-refractivity contribution is -0.114. The summed E-state index contributed by atoms with van der Waals surface area (Å²) >= 11 is 0. The predicted molar refractivity (Wildman–Crippen MR) is 97.7 cm³/mol. The van der Waals surface area contributed by atoms with E-state index in [0.717, 1.165) is 6.92 Å². The first kappa shape index (κ1) is 20.5. The van der Waals surface area contributed by atoms with Gasteiger partial charge in [0.2, 0.25) is 5.91 Å². The maximum atomic E-state index is 13.7. The number of methoxy groups -OCH3 is 1. The molecule has 2 aromatic heterocycles. The molecule has 0 aliphatic heterocycles. The largest absolute Gasteiger partial charge is 0.487 e. The lowest BCUT2D eigenvalue weighted by Gasteiger charge is -2.16. The molecule has 0 spiro atoms. The quantitative estimate of drug-likeness (QED) is 0.681. The summed E-state index contributed by atoms with van der Waals surface area (Å²) in [4.78, 5) is 19.3. The highest BCUT2D eigenvalue weighted by atomic mass is 19.3. The minimum atomic E-state index is -3.07. The van der Waals surface area contributed by atoms with E-state index in [4.69, 9.17) is 9.47 Å². The highest BCUT2D eigenvalue weighted by molar-refractivity contribution is 5.88. The van der Waals surface area contributed by atoms with Crippen LogP contribution < -0.4 is 15.4 Å². The molecule has 0 radical (unpaired) electrons. The molecule has 0 aliphatic carbocycles. The van der Waals surface area contributed by atoms with Gasteiger partial charge in [-0.15, -0.1) is 0 Å². The van der Waals surface area contributed by atoms with Gasteiger partial charge in [0.15, 0.2) is 5.75 Å². The van der Waals surface area contributed by atoms with E-state index in [0.29, 0.717) is 23.6 Å². The highest BCUT2D eigenvalue weighted by Crippen LogP contribution is 2.31. The highest BCUT2D eigenvalue weighted by Gasteiger charge is 2.27. The molecular weight excluding hydrogens is 358 g/mol. The predicted octanol–water partition coefficient (Wildman–Crippen LogP) is 3.62. The van der Waals surface area contributed by atoms with Crippen LogP contribution in [0.4, 0.5) is 26.1 Å². The second kappa shape index (κ2) is 8.72. The topological polar surface area (TPSA) is 85.4 Å². The molecule has 0 aliphatic rings. The van der Waals surface area contributed by atoms with Gasteiger partial charge in [-0.3, -0.25) is 4.79 Å². The number of aryl methyl sites for hydroxylation is 1. The summed E-state index contributed by atoms with van der Waals surface area (Å²) in [5, 5.41) is 5.53. The van der Waals surface area contributed by atoms with Crippen LogP contribution in [0.5, 0.6) is 5.75 Å². The number of pyridine rings is 2. The van der Waals surface area contributed by atoms with Crippen molar-refractivity contribution in [3.8, 4) is 5.75 Å². The second-order valence-electron chi connectivity index (χ2n) is 6.02. The zero-order valence-corrected chi connectivity index (χ0v) is 15.6. The van der Waals surface area contributed by atoms with Crippen LogP contribution in [0.25, 0.3) is 0 Å². The Balaban J connectivity index is 2.36. The Morgan fingerprint density at radius 3 is 2.59 bits per heavy atom. The van der Waals surface area contributed by atoms with E-state index in [1.807, 2.05) is 0 Å². The van der Waals surface area contributed by atoms with Gasteiger partial charge in [0.25, 0.3) is 5.92 Å². The standard InChI is InChI=1S/C18H22F2N4O3/c1-11-7-15(18(3,19)20)24-17(8-11)23-13-9-16(22-12(2)25)21-10-14(13)27-6-5-26-4/h7-10H,5-6H2,1-4H3,(H2,21,22,23,24,25). The van der Waals surface area contributed by atoms with Crippen molar-refractivity contribution < 1.29 is 23.0 Å². The average molecular weight is 380 g/mol. The number of halogens is 2. The van der Waals surface area contributed by atoms with Gasteiger partial charge in [0, 0.05) is 27.0 Å². The van der Waals surface area contributed by atoms with Crippen LogP contribution in [0.2, 0.25) is 0 Å². The molecule has 0 aromatic carbocycles. The van der Waals surface area contributed by atoms with Gasteiger partial charge < -0.3 is 20.1 Å². The molecule has 0 saturated heterocycles. The second-order valence-corrected chi connectivity index (χ2v) is 6.02. The summed E-state index contributed by atoms with van der Waals surface area (Å²) in [6.45, 7) is 4.48. The normalized spacial score (nSPS) is 11.2. The van der Waals surface area contributed by atoms with Crippen molar-refractivity contribution in [2.45, 2.75) is 26.7 Å². The van der Waals surface area contributed by atoms with Crippen molar-refractivity contribution in [1.82, 2.24) is 9.97 Å². The Morgan fingerprint density at radius 2 is 1.96 bits per heavy atom. The summed E-state index contributed by atoms with van der Waals surface area (Å²) < 4.78 is 37.9. The van der Waals surface area contributed by atoms with Crippen molar-refractivity contribution in [2.24, 2.45) is 0 Å². The molecule has 0 fully saturated rings. The molecule has 9 heteroatoms. The Morgan fingerprint density at radius 1 is 1.22 bits per heavy atom. The molecule has 1 amide bonds. The number of nitrogens with one attached hydrogen (secondary N) is 2. The molecule has 7 nitrogen and oxygen atoms in total. The number of carbonyl (C=O) groups is 1. The molecule has 0 bridgehead atoms. The molecule has 2 aromatic rings. The molecule has 0 atom stereocenters. The fourth-order valence-electron chi connectivity index (χ4n) is 2.23. The first-order valence-electron chi connectivity index (χ1n) is 8.22. The molecule has 2 N–H and O–H groups in total. The average Bonchev–Trinajstić information content (AvgIpc) is 2.55. The van der Waals surface area contributed by atoms with E-state index in [2.05, 4.69) is 20.6 Å². The van der Waals surface area contributed by atoms with E-state index in [9.17, 15) is 13.6 Å². The summed E-state index contributed by atoms with van der Waals surface area (Å²) in [6.07, 6.45) is 1.43. The maximum absolute atomic E-state index is 13.7. The first-order chi connectivity index (χ1) is 12.7. The number of nitrogens with zero attached hydrogens (tertiary/aromatic N) is 2. The van der Waals surface area contributed by atoms with Crippen molar-refractivity contribution >= 4 is 23.2 Å². The first-order valence-corrected chi connectivity index (χ1v) is 8.22. The van der Waals surface area contributed by atoms with Crippen molar-refractivity contribution in [1.29, 1.82) is 0 Å². The Labute approximate surface area is 156 Å². The van der Waals surface area contributed by atoms with Gasteiger partial charge in [-0.1, -0.05) is 0 Å². The Kier molecular flexibility index (Phi) is 6.62. The third kappa shape index (κ3) is 6.14. The number of rotatable bonds is 8. The van der Waals surface area contributed by atoms with Crippen molar-refractivity contribution in [2.75, 3.05) is 31.0 Å². The molecule has 2 rings (SSSR count). The Hall–Kier alpha value is -2.81. The number of carbonyl (C=O) groups excluding carboxylic acids is 1. The van der Waals surface area contributed by atoms with Gasteiger partial charge in [-0.05, 0) is 24.6 Å². The van der Waals surface area contributed by atoms with E-state index in [1.165, 1.54) is 25.3 Å². The number of amides is 1. The van der Waals surface area contributed by atoms with E-state index in [1.54, 1.807) is 20.1 Å². The minimum absolute atomic E-state index is 0.225. The molecule has 0 unspecified atom stereocenters. The fraction of sp³-hybridized carbons (Fsp3) is 0.389. The lowest BCUT2D eigenvalue weighted by Crippen LogP contribution is -2.12. The number of anilines is 3. The summed E-state index contributed by atoms with van der Waals surface area (Å²) in [6, 6.07) is 4.50. The van der Waals surface area contributed by atoms with Gasteiger partial charge in [0.1, 0.15) is 23.9 Å². The van der Waals surface area contributed by atoms with Crippen molar-refractivity contribution in [3.63, 3.8) is 0 Å². The number of aromatic nitrogens is 2. The summed E-state index contributed by atoms with van der Waals surface area (Å²) in [7, 11) is 1.55. The maximum Gasteiger partial charge on any atom is 0.287 e. The lowest BCUT2D eigenvalue weighted by atomic mass is 10.2. The zero-order chi connectivity index (χ0) is 20.0.